The molecule has 0 amide bonds. The monoisotopic (exact) mass is 388 g/mol. The van der Waals surface area contributed by atoms with Crippen LogP contribution in [0.25, 0.3) is 0 Å². The fourth-order valence-electron chi connectivity index (χ4n) is 2.67. The van der Waals surface area contributed by atoms with Gasteiger partial charge in [-0.2, -0.15) is 0 Å². The molecule has 0 aromatic heterocycles. The zero-order valence-electron chi connectivity index (χ0n) is 11.4. The van der Waals surface area contributed by atoms with Crippen LogP contribution in [0.4, 0.5) is 5.69 Å². The highest BCUT2D eigenvalue weighted by molar-refractivity contribution is 9.11. The number of rotatable bonds is 4. The molecule has 1 aromatic rings. The van der Waals surface area contributed by atoms with E-state index in [0.29, 0.717) is 12.1 Å². The first-order chi connectivity index (χ1) is 9.16. The normalized spacial score (nSPS) is 21.7. The van der Waals surface area contributed by atoms with Crippen molar-refractivity contribution in [1.29, 1.82) is 0 Å². The van der Waals surface area contributed by atoms with Gasteiger partial charge in [0.05, 0.1) is 5.69 Å². The van der Waals surface area contributed by atoms with E-state index in [1.165, 1.54) is 38.6 Å². The molecule has 0 saturated carbocycles. The smallest absolute Gasteiger partial charge is 0.0631 e. The molecule has 0 spiro atoms. The summed E-state index contributed by atoms with van der Waals surface area (Å²) in [6.45, 7) is 3.44. The van der Waals surface area contributed by atoms with Gasteiger partial charge in [-0.1, -0.05) is 18.9 Å². The van der Waals surface area contributed by atoms with Gasteiger partial charge in [0.2, 0.25) is 0 Å². The van der Waals surface area contributed by atoms with Gasteiger partial charge >= 0.3 is 0 Å². The molecular formula is C15H22Br2N2. The van der Waals surface area contributed by atoms with E-state index in [9.17, 15) is 0 Å². The third-order valence-corrected chi connectivity index (χ3v) is 4.98. The fraction of sp³-hybridized carbons (Fsp3) is 0.600. The van der Waals surface area contributed by atoms with Crippen LogP contribution in [0.15, 0.2) is 27.1 Å². The van der Waals surface area contributed by atoms with Crippen molar-refractivity contribution in [1.82, 2.24) is 5.32 Å². The molecule has 19 heavy (non-hydrogen) atoms. The molecule has 2 rings (SSSR count). The van der Waals surface area contributed by atoms with Crippen molar-refractivity contribution in [3.63, 3.8) is 0 Å². The molecule has 0 aliphatic carbocycles. The Bertz CT molecular complexity index is 381. The lowest BCUT2D eigenvalue weighted by Crippen LogP contribution is -2.33. The molecule has 2 nitrogen and oxygen atoms in total. The first kappa shape index (κ1) is 15.3. The summed E-state index contributed by atoms with van der Waals surface area (Å²) in [5, 5.41) is 7.28. The lowest BCUT2D eigenvalue weighted by atomic mass is 10.0. The van der Waals surface area contributed by atoms with Crippen LogP contribution in [0.2, 0.25) is 0 Å². The maximum Gasteiger partial charge on any atom is 0.0631 e. The highest BCUT2D eigenvalue weighted by Gasteiger charge is 2.16. The Labute approximate surface area is 133 Å². The van der Waals surface area contributed by atoms with E-state index in [1.54, 1.807) is 0 Å². The summed E-state index contributed by atoms with van der Waals surface area (Å²) in [5.41, 5.74) is 1.16. The third kappa shape index (κ3) is 4.76. The van der Waals surface area contributed by atoms with Crippen molar-refractivity contribution in [2.24, 2.45) is 0 Å². The summed E-state index contributed by atoms with van der Waals surface area (Å²) in [7, 11) is 0. The van der Waals surface area contributed by atoms with E-state index < -0.39 is 0 Å². The van der Waals surface area contributed by atoms with E-state index in [0.717, 1.165) is 14.6 Å². The van der Waals surface area contributed by atoms with Crippen LogP contribution in [0.1, 0.15) is 39.0 Å². The van der Waals surface area contributed by atoms with Crippen LogP contribution in [0.3, 0.4) is 0 Å². The van der Waals surface area contributed by atoms with Gasteiger partial charge in [0.25, 0.3) is 0 Å². The molecule has 1 saturated heterocycles. The van der Waals surface area contributed by atoms with Crippen LogP contribution in [-0.4, -0.2) is 18.6 Å². The lowest BCUT2D eigenvalue weighted by Gasteiger charge is -2.23. The molecule has 1 fully saturated rings. The first-order valence-corrected chi connectivity index (χ1v) is 8.69. The minimum Gasteiger partial charge on any atom is -0.381 e. The molecule has 2 N–H and O–H groups in total. The Kier molecular flexibility index (Phi) is 6.17. The van der Waals surface area contributed by atoms with Crippen molar-refractivity contribution >= 4 is 37.5 Å². The predicted octanol–water partition coefficient (Wildman–Crippen LogP) is 4.93. The third-order valence-electron chi connectivity index (χ3n) is 3.65. The van der Waals surface area contributed by atoms with Crippen LogP contribution < -0.4 is 10.6 Å². The molecule has 106 valence electrons. The van der Waals surface area contributed by atoms with E-state index in [1.807, 2.05) is 6.07 Å². The second-order valence-corrected chi connectivity index (χ2v) is 7.09. The average Bonchev–Trinajstić information content (AvgIpc) is 2.63. The van der Waals surface area contributed by atoms with E-state index >= 15 is 0 Å². The fourth-order valence-corrected chi connectivity index (χ4v) is 3.90. The number of anilines is 1. The summed E-state index contributed by atoms with van der Waals surface area (Å²) in [5.74, 6) is 0. The van der Waals surface area contributed by atoms with Gasteiger partial charge in [-0.25, -0.2) is 0 Å². The molecule has 2 atom stereocenters. The minimum absolute atomic E-state index is 0.464. The second-order valence-electron chi connectivity index (χ2n) is 5.38. The largest absolute Gasteiger partial charge is 0.381 e. The summed E-state index contributed by atoms with van der Waals surface area (Å²) in [6, 6.07) is 7.31. The molecule has 1 aliphatic heterocycles. The quantitative estimate of drug-likeness (QED) is 0.762. The van der Waals surface area contributed by atoms with Crippen LogP contribution in [-0.2, 0) is 0 Å². The van der Waals surface area contributed by atoms with E-state index in [2.05, 4.69) is 61.5 Å². The van der Waals surface area contributed by atoms with Gasteiger partial charge in [-0.15, -0.1) is 0 Å². The molecule has 1 aliphatic rings. The lowest BCUT2D eigenvalue weighted by molar-refractivity contribution is 0.456. The number of hydrogen-bond acceptors (Lipinski definition) is 2. The van der Waals surface area contributed by atoms with Gasteiger partial charge < -0.3 is 10.6 Å². The predicted molar refractivity (Wildman–Crippen MR) is 89.8 cm³/mol. The van der Waals surface area contributed by atoms with Gasteiger partial charge in [0.15, 0.2) is 0 Å². The van der Waals surface area contributed by atoms with Crippen LogP contribution in [0, 0.1) is 0 Å². The Morgan fingerprint density at radius 2 is 2.00 bits per heavy atom. The highest BCUT2D eigenvalue weighted by atomic mass is 79.9. The van der Waals surface area contributed by atoms with Gasteiger partial charge in [-0.3, -0.25) is 0 Å². The van der Waals surface area contributed by atoms with Gasteiger partial charge in [-0.05, 0) is 76.7 Å². The maximum atomic E-state index is 3.66. The Morgan fingerprint density at radius 3 is 2.74 bits per heavy atom. The molecule has 0 bridgehead atoms. The first-order valence-electron chi connectivity index (χ1n) is 7.10. The molecule has 2 unspecified atom stereocenters. The molecule has 0 radical (unpaired) electrons. The molecule has 1 heterocycles. The van der Waals surface area contributed by atoms with Crippen molar-refractivity contribution in [3.8, 4) is 0 Å². The summed E-state index contributed by atoms with van der Waals surface area (Å²) in [6.07, 6.45) is 6.55. The van der Waals surface area contributed by atoms with E-state index in [-0.39, 0.29) is 0 Å². The number of halogens is 2. The van der Waals surface area contributed by atoms with E-state index in [4.69, 9.17) is 0 Å². The van der Waals surface area contributed by atoms with Crippen LogP contribution >= 0.6 is 31.9 Å². The number of para-hydroxylation sites is 1. The summed E-state index contributed by atoms with van der Waals surface area (Å²) >= 11 is 7.21. The van der Waals surface area contributed by atoms with Gasteiger partial charge in [0.1, 0.15) is 0 Å². The van der Waals surface area contributed by atoms with Crippen molar-refractivity contribution in [2.45, 2.75) is 51.1 Å². The zero-order valence-corrected chi connectivity index (χ0v) is 14.6. The average molecular weight is 390 g/mol. The Morgan fingerprint density at radius 1 is 1.26 bits per heavy atom. The molecule has 1 aromatic carbocycles. The minimum atomic E-state index is 0.464. The van der Waals surface area contributed by atoms with Crippen molar-refractivity contribution in [2.75, 3.05) is 11.9 Å². The molecular weight excluding hydrogens is 368 g/mol. The second kappa shape index (κ2) is 7.65. The Hall–Kier alpha value is -0.0600. The standard InChI is InChI=1S/C15H22Br2N2/c1-11(10-12-6-3-2-4-9-18-12)19-15-13(16)7-5-8-14(15)17/h5,7-8,11-12,18-19H,2-4,6,9-10H2,1H3. The van der Waals surface area contributed by atoms with Gasteiger partial charge in [0, 0.05) is 21.0 Å². The maximum absolute atomic E-state index is 3.66. The zero-order chi connectivity index (χ0) is 13.7. The molecule has 4 heteroatoms. The van der Waals surface area contributed by atoms with Crippen molar-refractivity contribution in [3.05, 3.63) is 27.1 Å². The summed E-state index contributed by atoms with van der Waals surface area (Å²) in [4.78, 5) is 0. The summed E-state index contributed by atoms with van der Waals surface area (Å²) < 4.78 is 2.23. The topological polar surface area (TPSA) is 24.1 Å². The number of hydrogen-bond donors (Lipinski definition) is 2. The number of benzene rings is 1. The van der Waals surface area contributed by atoms with Crippen LogP contribution in [0.5, 0.6) is 0 Å². The SMILES string of the molecule is CC(CC1CCCCCN1)Nc1c(Br)cccc1Br. The highest BCUT2D eigenvalue weighted by Crippen LogP contribution is 2.31. The van der Waals surface area contributed by atoms with Crippen molar-refractivity contribution < 1.29 is 0 Å². The number of nitrogens with one attached hydrogen (secondary N) is 2. The Balaban J connectivity index is 1.91.